The molecule has 0 aliphatic heterocycles. The van der Waals surface area contributed by atoms with Gasteiger partial charge in [0, 0.05) is 16.1 Å². The highest BCUT2D eigenvalue weighted by Crippen LogP contribution is 2.22. The summed E-state index contributed by atoms with van der Waals surface area (Å²) in [6, 6.07) is 20.8. The first-order chi connectivity index (χ1) is 13.5. The molecule has 3 rings (SSSR count). The van der Waals surface area contributed by atoms with Gasteiger partial charge in [-0.1, -0.05) is 59.6 Å². The number of ether oxygens (including phenoxy) is 1. The van der Waals surface area contributed by atoms with Crippen molar-refractivity contribution < 1.29 is 9.53 Å². The van der Waals surface area contributed by atoms with Crippen LogP contribution in [0.25, 0.3) is 0 Å². The molecule has 3 aromatic carbocycles. The highest BCUT2D eigenvalue weighted by atomic mass is 35.5. The number of hydrogen-bond donors (Lipinski definition) is 1. The lowest BCUT2D eigenvalue weighted by atomic mass is 10.1. The van der Waals surface area contributed by atoms with Crippen molar-refractivity contribution in [1.82, 2.24) is 5.43 Å². The van der Waals surface area contributed by atoms with Gasteiger partial charge in [0.25, 0.3) is 5.91 Å². The molecule has 0 atom stereocenters. The Bertz CT molecular complexity index is 998. The molecule has 1 amide bonds. The molecular weight excluding hydrogens is 372 g/mol. The maximum absolute atomic E-state index is 12.3. The van der Waals surface area contributed by atoms with E-state index >= 15 is 0 Å². The predicted octanol–water partition coefficient (Wildman–Crippen LogP) is 5.30. The average molecular weight is 393 g/mol. The number of nitrogens with one attached hydrogen (secondary N) is 1. The average Bonchev–Trinajstić information content (AvgIpc) is 2.69. The molecule has 0 unspecified atom stereocenters. The van der Waals surface area contributed by atoms with Gasteiger partial charge in [-0.15, -0.1) is 0 Å². The van der Waals surface area contributed by atoms with Gasteiger partial charge in [-0.05, 0) is 49.2 Å². The lowest BCUT2D eigenvalue weighted by molar-refractivity contribution is 0.0954. The summed E-state index contributed by atoms with van der Waals surface area (Å²) in [7, 11) is 0. The zero-order valence-electron chi connectivity index (χ0n) is 15.8. The minimum absolute atomic E-state index is 0.265. The van der Waals surface area contributed by atoms with Crippen molar-refractivity contribution in [3.63, 3.8) is 0 Å². The monoisotopic (exact) mass is 392 g/mol. The number of aryl methyl sites for hydroxylation is 2. The van der Waals surface area contributed by atoms with Crippen LogP contribution in [0.5, 0.6) is 5.75 Å². The molecular formula is C23H21ClN2O2. The number of amides is 1. The summed E-state index contributed by atoms with van der Waals surface area (Å²) in [5, 5.41) is 4.63. The van der Waals surface area contributed by atoms with Crippen molar-refractivity contribution in [2.45, 2.75) is 20.5 Å². The second-order valence-corrected chi connectivity index (χ2v) is 6.91. The first kappa shape index (κ1) is 19.6. The highest BCUT2D eigenvalue weighted by molar-refractivity contribution is 6.30. The molecule has 142 valence electrons. The van der Waals surface area contributed by atoms with E-state index in [2.05, 4.69) is 10.5 Å². The van der Waals surface area contributed by atoms with Crippen molar-refractivity contribution in [2.24, 2.45) is 5.10 Å². The summed E-state index contributed by atoms with van der Waals surface area (Å²) >= 11 is 6.10. The quantitative estimate of drug-likeness (QED) is 0.457. The second kappa shape index (κ2) is 9.20. The molecule has 28 heavy (non-hydrogen) atoms. The fourth-order valence-electron chi connectivity index (χ4n) is 2.65. The number of benzene rings is 3. The van der Waals surface area contributed by atoms with Gasteiger partial charge in [-0.3, -0.25) is 4.79 Å². The minimum atomic E-state index is -0.265. The van der Waals surface area contributed by atoms with E-state index in [9.17, 15) is 4.79 Å². The van der Waals surface area contributed by atoms with Crippen molar-refractivity contribution in [1.29, 1.82) is 0 Å². The van der Waals surface area contributed by atoms with Crippen molar-refractivity contribution in [3.8, 4) is 5.75 Å². The molecule has 0 aromatic heterocycles. The van der Waals surface area contributed by atoms with E-state index in [4.69, 9.17) is 16.3 Å². The summed E-state index contributed by atoms with van der Waals surface area (Å²) < 4.78 is 5.92. The van der Waals surface area contributed by atoms with E-state index in [-0.39, 0.29) is 5.91 Å². The van der Waals surface area contributed by atoms with Crippen LogP contribution in [0.15, 0.2) is 71.8 Å². The van der Waals surface area contributed by atoms with Gasteiger partial charge >= 0.3 is 0 Å². The Balaban J connectivity index is 1.69. The first-order valence-corrected chi connectivity index (χ1v) is 9.27. The molecule has 3 aromatic rings. The van der Waals surface area contributed by atoms with Crippen LogP contribution >= 0.6 is 11.6 Å². The number of carbonyl (C=O) groups excluding carboxylic acids is 1. The van der Waals surface area contributed by atoms with E-state index in [1.165, 1.54) is 11.8 Å². The Morgan fingerprint density at radius 3 is 2.57 bits per heavy atom. The Labute approximate surface area is 169 Å². The summed E-state index contributed by atoms with van der Waals surface area (Å²) in [5.41, 5.74) is 6.97. The molecule has 0 saturated carbocycles. The molecule has 0 fully saturated rings. The smallest absolute Gasteiger partial charge is 0.271 e. The molecule has 0 aliphatic carbocycles. The third-order valence-electron chi connectivity index (χ3n) is 4.25. The van der Waals surface area contributed by atoms with Crippen molar-refractivity contribution in [2.75, 3.05) is 0 Å². The van der Waals surface area contributed by atoms with Crippen molar-refractivity contribution >= 4 is 23.7 Å². The number of rotatable bonds is 6. The first-order valence-electron chi connectivity index (χ1n) is 8.90. The number of hydrazone groups is 1. The van der Waals surface area contributed by atoms with E-state index in [1.807, 2.05) is 56.3 Å². The maximum Gasteiger partial charge on any atom is 0.271 e. The van der Waals surface area contributed by atoms with Crippen LogP contribution in [0.2, 0.25) is 5.02 Å². The largest absolute Gasteiger partial charge is 0.488 e. The fourth-order valence-corrected chi connectivity index (χ4v) is 2.83. The molecule has 0 bridgehead atoms. The molecule has 4 nitrogen and oxygen atoms in total. The van der Waals surface area contributed by atoms with Crippen LogP contribution in [0.3, 0.4) is 0 Å². The molecule has 0 heterocycles. The SMILES string of the molecule is Cc1ccc(COc2ccc(Cl)cc2/C=N\NC(=O)c2ccccc2C)cc1. The fraction of sp³-hybridized carbons (Fsp3) is 0.130. The summed E-state index contributed by atoms with van der Waals surface area (Å²) in [6.45, 7) is 4.36. The van der Waals surface area contributed by atoms with Gasteiger partial charge in [-0.2, -0.15) is 5.10 Å². The molecule has 0 saturated heterocycles. The molecule has 0 aliphatic rings. The predicted molar refractivity (Wildman–Crippen MR) is 113 cm³/mol. The van der Waals surface area contributed by atoms with E-state index in [0.717, 1.165) is 11.1 Å². The number of halogens is 1. The number of nitrogens with zero attached hydrogens (tertiary/aromatic N) is 1. The van der Waals surface area contributed by atoms with E-state index in [0.29, 0.717) is 28.5 Å². The standard InChI is InChI=1S/C23H21ClN2O2/c1-16-7-9-18(10-8-16)15-28-22-12-11-20(24)13-19(22)14-25-26-23(27)21-6-4-3-5-17(21)2/h3-14H,15H2,1-2H3,(H,26,27)/b25-14-. The zero-order valence-corrected chi connectivity index (χ0v) is 16.5. The topological polar surface area (TPSA) is 50.7 Å². The highest BCUT2D eigenvalue weighted by Gasteiger charge is 2.07. The summed E-state index contributed by atoms with van der Waals surface area (Å²) in [4.78, 5) is 12.3. The Kier molecular flexibility index (Phi) is 6.45. The summed E-state index contributed by atoms with van der Waals surface area (Å²) in [6.07, 6.45) is 1.53. The minimum Gasteiger partial charge on any atom is -0.488 e. The molecule has 0 spiro atoms. The second-order valence-electron chi connectivity index (χ2n) is 6.47. The van der Waals surface area contributed by atoms with Gasteiger partial charge in [0.05, 0.1) is 6.21 Å². The van der Waals surface area contributed by atoms with Crippen LogP contribution in [0.1, 0.15) is 32.6 Å². The number of carbonyl (C=O) groups is 1. The molecule has 0 radical (unpaired) electrons. The normalized spacial score (nSPS) is 10.8. The van der Waals surface area contributed by atoms with Crippen LogP contribution in [-0.4, -0.2) is 12.1 Å². The van der Waals surface area contributed by atoms with E-state index in [1.54, 1.807) is 24.3 Å². The van der Waals surface area contributed by atoms with Gasteiger partial charge in [0.15, 0.2) is 0 Å². The van der Waals surface area contributed by atoms with Gasteiger partial charge in [0.2, 0.25) is 0 Å². The third-order valence-corrected chi connectivity index (χ3v) is 4.48. The molecule has 5 heteroatoms. The van der Waals surface area contributed by atoms with Crippen LogP contribution in [0, 0.1) is 13.8 Å². The van der Waals surface area contributed by atoms with Crippen LogP contribution < -0.4 is 10.2 Å². The lowest BCUT2D eigenvalue weighted by Gasteiger charge is -2.10. The lowest BCUT2D eigenvalue weighted by Crippen LogP contribution is -2.18. The Morgan fingerprint density at radius 2 is 1.82 bits per heavy atom. The Hall–Kier alpha value is -3.11. The van der Waals surface area contributed by atoms with Crippen molar-refractivity contribution in [3.05, 3.63) is 99.6 Å². The van der Waals surface area contributed by atoms with Crippen LogP contribution in [-0.2, 0) is 6.61 Å². The molecule has 1 N–H and O–H groups in total. The van der Waals surface area contributed by atoms with Crippen LogP contribution in [0.4, 0.5) is 0 Å². The maximum atomic E-state index is 12.3. The number of hydrogen-bond acceptors (Lipinski definition) is 3. The summed E-state index contributed by atoms with van der Waals surface area (Å²) in [5.74, 6) is 0.373. The third kappa shape index (κ3) is 5.21. The van der Waals surface area contributed by atoms with Gasteiger partial charge in [0.1, 0.15) is 12.4 Å². The van der Waals surface area contributed by atoms with Gasteiger partial charge in [-0.25, -0.2) is 5.43 Å². The zero-order chi connectivity index (χ0) is 19.9. The Morgan fingerprint density at radius 1 is 1.07 bits per heavy atom. The van der Waals surface area contributed by atoms with Gasteiger partial charge < -0.3 is 4.74 Å². The van der Waals surface area contributed by atoms with E-state index < -0.39 is 0 Å².